The first-order valence-corrected chi connectivity index (χ1v) is 6.39. The number of pyridine rings is 1. The van der Waals surface area contributed by atoms with E-state index in [2.05, 4.69) is 15.4 Å². The smallest absolute Gasteiger partial charge is 0.252 e. The van der Waals surface area contributed by atoms with Crippen LogP contribution in [-0.4, -0.2) is 27.2 Å². The summed E-state index contributed by atoms with van der Waals surface area (Å²) in [6.45, 7) is 0.496. The molecule has 0 aliphatic rings. The summed E-state index contributed by atoms with van der Waals surface area (Å²) >= 11 is 11.5. The number of rotatable bonds is 4. The third kappa shape index (κ3) is 3.68. The average Bonchev–Trinajstić information content (AvgIpc) is 2.78. The first-order valence-electron chi connectivity index (χ1n) is 5.64. The molecular formula is C12H12Cl2N4O. The second-order valence-corrected chi connectivity index (χ2v) is 4.75. The Morgan fingerprint density at radius 1 is 1.47 bits per heavy atom. The molecule has 0 aliphatic carbocycles. The van der Waals surface area contributed by atoms with Crippen molar-refractivity contribution in [3.05, 3.63) is 46.0 Å². The number of amides is 1. The Kier molecular flexibility index (Phi) is 4.39. The topological polar surface area (TPSA) is 59.8 Å². The molecule has 2 aromatic rings. The molecule has 0 spiro atoms. The van der Waals surface area contributed by atoms with Crippen molar-refractivity contribution < 1.29 is 4.79 Å². The highest BCUT2D eigenvalue weighted by molar-refractivity contribution is 6.41. The fourth-order valence-electron chi connectivity index (χ4n) is 1.55. The van der Waals surface area contributed by atoms with Crippen molar-refractivity contribution in [3.8, 4) is 0 Å². The minimum absolute atomic E-state index is 0.187. The zero-order chi connectivity index (χ0) is 13.8. The number of nitrogens with one attached hydrogen (secondary N) is 1. The summed E-state index contributed by atoms with van der Waals surface area (Å²) in [7, 11) is 1.85. The van der Waals surface area contributed by atoms with Crippen LogP contribution in [0.4, 0.5) is 0 Å². The monoisotopic (exact) mass is 298 g/mol. The van der Waals surface area contributed by atoms with Crippen molar-refractivity contribution in [3.63, 3.8) is 0 Å². The van der Waals surface area contributed by atoms with E-state index in [1.54, 1.807) is 4.68 Å². The van der Waals surface area contributed by atoms with Crippen LogP contribution in [0.25, 0.3) is 0 Å². The Morgan fingerprint density at radius 2 is 2.26 bits per heavy atom. The highest BCUT2D eigenvalue weighted by atomic mass is 35.5. The van der Waals surface area contributed by atoms with Crippen molar-refractivity contribution in [1.29, 1.82) is 0 Å². The minimum atomic E-state index is -0.234. The fraction of sp³-hybridized carbons (Fsp3) is 0.250. The minimum Gasteiger partial charge on any atom is -0.352 e. The van der Waals surface area contributed by atoms with Crippen molar-refractivity contribution in [2.45, 2.75) is 6.42 Å². The van der Waals surface area contributed by atoms with Gasteiger partial charge in [0.1, 0.15) is 5.15 Å². The molecule has 19 heavy (non-hydrogen) atoms. The largest absolute Gasteiger partial charge is 0.352 e. The van der Waals surface area contributed by atoms with E-state index in [1.807, 2.05) is 19.3 Å². The van der Waals surface area contributed by atoms with Crippen LogP contribution >= 0.6 is 23.2 Å². The van der Waals surface area contributed by atoms with Gasteiger partial charge < -0.3 is 5.32 Å². The van der Waals surface area contributed by atoms with E-state index >= 15 is 0 Å². The summed E-state index contributed by atoms with van der Waals surface area (Å²) in [5, 5.41) is 7.44. The molecule has 0 saturated heterocycles. The summed E-state index contributed by atoms with van der Waals surface area (Å²) in [5.41, 5.74) is 1.31. The number of carbonyl (C=O) groups excluding carboxylic acids is 1. The maximum Gasteiger partial charge on any atom is 0.252 e. The van der Waals surface area contributed by atoms with E-state index in [9.17, 15) is 4.79 Å². The quantitative estimate of drug-likeness (QED) is 0.879. The highest BCUT2D eigenvalue weighted by Gasteiger charge is 2.08. The van der Waals surface area contributed by atoms with Gasteiger partial charge in [0, 0.05) is 32.4 Å². The first kappa shape index (κ1) is 13.8. The molecule has 0 unspecified atom stereocenters. The molecule has 100 valence electrons. The van der Waals surface area contributed by atoms with E-state index < -0.39 is 0 Å². The molecule has 0 fully saturated rings. The standard InChI is InChI=1S/C12H12Cl2N4O/c1-18-5-3-9(17-18)2-4-15-12(19)8-6-10(13)11(14)16-7-8/h3,5-7H,2,4H2,1H3,(H,15,19). The summed E-state index contributed by atoms with van der Waals surface area (Å²) in [6, 6.07) is 3.40. The van der Waals surface area contributed by atoms with Gasteiger partial charge in [0.2, 0.25) is 0 Å². The van der Waals surface area contributed by atoms with Gasteiger partial charge in [0.25, 0.3) is 5.91 Å². The molecule has 2 heterocycles. The lowest BCUT2D eigenvalue weighted by Gasteiger charge is -2.04. The lowest BCUT2D eigenvalue weighted by molar-refractivity contribution is 0.0953. The number of aryl methyl sites for hydroxylation is 1. The van der Waals surface area contributed by atoms with Gasteiger partial charge in [0.15, 0.2) is 0 Å². The molecule has 0 aromatic carbocycles. The van der Waals surface area contributed by atoms with Crippen LogP contribution in [0.2, 0.25) is 10.2 Å². The second kappa shape index (κ2) is 6.04. The Balaban J connectivity index is 1.89. The van der Waals surface area contributed by atoms with Gasteiger partial charge in [-0.05, 0) is 12.1 Å². The number of nitrogens with zero attached hydrogens (tertiary/aromatic N) is 3. The number of carbonyl (C=O) groups is 1. The summed E-state index contributed by atoms with van der Waals surface area (Å²) in [4.78, 5) is 15.7. The first-order chi connectivity index (χ1) is 9.06. The van der Waals surface area contributed by atoms with Crippen LogP contribution in [0.1, 0.15) is 16.1 Å². The normalized spacial score (nSPS) is 10.5. The summed E-state index contributed by atoms with van der Waals surface area (Å²) < 4.78 is 1.72. The third-order valence-corrected chi connectivity index (χ3v) is 3.18. The maximum atomic E-state index is 11.8. The van der Waals surface area contributed by atoms with E-state index in [-0.39, 0.29) is 16.1 Å². The molecule has 7 heteroatoms. The van der Waals surface area contributed by atoms with Crippen LogP contribution in [-0.2, 0) is 13.5 Å². The lowest BCUT2D eigenvalue weighted by Crippen LogP contribution is -2.26. The Bertz CT molecular complexity index is 597. The molecule has 0 radical (unpaired) electrons. The van der Waals surface area contributed by atoms with Crippen molar-refractivity contribution in [2.75, 3.05) is 6.54 Å². The zero-order valence-electron chi connectivity index (χ0n) is 10.2. The molecule has 1 amide bonds. The van der Waals surface area contributed by atoms with Gasteiger partial charge in [-0.3, -0.25) is 9.48 Å². The summed E-state index contributed by atoms with van der Waals surface area (Å²) in [5.74, 6) is -0.234. The number of halogens is 2. The Hall–Kier alpha value is -1.59. The van der Waals surface area contributed by atoms with Gasteiger partial charge in [-0.2, -0.15) is 5.10 Å². The number of hydrogen-bond donors (Lipinski definition) is 1. The predicted molar refractivity (Wildman–Crippen MR) is 73.5 cm³/mol. The van der Waals surface area contributed by atoms with Crippen LogP contribution in [0, 0.1) is 0 Å². The average molecular weight is 299 g/mol. The van der Waals surface area contributed by atoms with Gasteiger partial charge >= 0.3 is 0 Å². The van der Waals surface area contributed by atoms with Gasteiger partial charge in [-0.25, -0.2) is 4.98 Å². The van der Waals surface area contributed by atoms with Crippen LogP contribution in [0.15, 0.2) is 24.5 Å². The van der Waals surface area contributed by atoms with E-state index in [4.69, 9.17) is 23.2 Å². The fourth-order valence-corrected chi connectivity index (χ4v) is 1.82. The van der Waals surface area contributed by atoms with Crippen molar-refractivity contribution in [1.82, 2.24) is 20.1 Å². The molecule has 0 atom stereocenters. The lowest BCUT2D eigenvalue weighted by atomic mass is 10.2. The molecule has 0 bridgehead atoms. The Morgan fingerprint density at radius 3 is 2.89 bits per heavy atom. The highest BCUT2D eigenvalue weighted by Crippen LogP contribution is 2.19. The predicted octanol–water partition coefficient (Wildman–Crippen LogP) is 2.09. The van der Waals surface area contributed by atoms with E-state index in [0.717, 1.165) is 5.69 Å². The van der Waals surface area contributed by atoms with Gasteiger partial charge in [-0.1, -0.05) is 23.2 Å². The van der Waals surface area contributed by atoms with Crippen molar-refractivity contribution in [2.24, 2.45) is 7.05 Å². The molecule has 5 nitrogen and oxygen atoms in total. The number of aromatic nitrogens is 3. The van der Waals surface area contributed by atoms with Crippen molar-refractivity contribution >= 4 is 29.1 Å². The molecule has 0 aliphatic heterocycles. The Labute approximate surface area is 120 Å². The molecular weight excluding hydrogens is 287 g/mol. The van der Waals surface area contributed by atoms with E-state index in [0.29, 0.717) is 18.5 Å². The van der Waals surface area contributed by atoms with Crippen LogP contribution < -0.4 is 5.32 Å². The number of hydrogen-bond acceptors (Lipinski definition) is 3. The SMILES string of the molecule is Cn1ccc(CCNC(=O)c2cnc(Cl)c(Cl)c2)n1. The molecule has 0 saturated carbocycles. The van der Waals surface area contributed by atoms with Crippen LogP contribution in [0.3, 0.4) is 0 Å². The van der Waals surface area contributed by atoms with E-state index in [1.165, 1.54) is 12.3 Å². The molecule has 2 aromatic heterocycles. The third-order valence-electron chi connectivity index (χ3n) is 2.49. The molecule has 2 rings (SSSR count). The zero-order valence-corrected chi connectivity index (χ0v) is 11.7. The van der Waals surface area contributed by atoms with Gasteiger partial charge in [0.05, 0.1) is 16.3 Å². The van der Waals surface area contributed by atoms with Gasteiger partial charge in [-0.15, -0.1) is 0 Å². The maximum absolute atomic E-state index is 11.8. The second-order valence-electron chi connectivity index (χ2n) is 3.98. The van der Waals surface area contributed by atoms with Crippen LogP contribution in [0.5, 0.6) is 0 Å². The summed E-state index contributed by atoms with van der Waals surface area (Å²) in [6.07, 6.45) is 3.92. The molecule has 1 N–H and O–H groups in total.